The molecule has 0 spiro atoms. The van der Waals surface area contributed by atoms with Crippen molar-refractivity contribution in [3.63, 3.8) is 0 Å². The van der Waals surface area contributed by atoms with Crippen LogP contribution < -0.4 is 0 Å². The van der Waals surface area contributed by atoms with Crippen LogP contribution in [0.4, 0.5) is 0 Å². The van der Waals surface area contributed by atoms with Gasteiger partial charge < -0.3 is 0 Å². The molecule has 4 rings (SSSR count). The lowest BCUT2D eigenvalue weighted by Gasteiger charge is -2.06. The summed E-state index contributed by atoms with van der Waals surface area (Å²) in [6, 6.07) is 25.7. The fourth-order valence-electron chi connectivity index (χ4n) is 3.78. The molecule has 0 unspecified atom stereocenters. The van der Waals surface area contributed by atoms with Crippen LogP contribution in [0.1, 0.15) is 40.0 Å². The fourth-order valence-corrected chi connectivity index (χ4v) is 3.78. The normalized spacial score (nSPS) is 10.8. The van der Waals surface area contributed by atoms with Gasteiger partial charge in [0, 0.05) is 24.0 Å². The van der Waals surface area contributed by atoms with Crippen molar-refractivity contribution in [1.29, 1.82) is 0 Å². The Kier molecular flexibility index (Phi) is 5.80. The van der Waals surface area contributed by atoms with E-state index in [2.05, 4.69) is 0 Å². The summed E-state index contributed by atoms with van der Waals surface area (Å²) in [6.45, 7) is 0. The highest BCUT2D eigenvalue weighted by atomic mass is 16.2. The molecule has 0 amide bonds. The van der Waals surface area contributed by atoms with Crippen molar-refractivity contribution in [2.45, 2.75) is 19.3 Å². The Bertz CT molecular complexity index is 1320. The summed E-state index contributed by atoms with van der Waals surface area (Å²) >= 11 is 0. The highest BCUT2D eigenvalue weighted by molar-refractivity contribution is 6.41. The van der Waals surface area contributed by atoms with Gasteiger partial charge in [0.1, 0.15) is 0 Å². The predicted octanol–water partition coefficient (Wildman–Crippen LogP) is 5.37. The standard InChI is InChI=1S/C27H20O4/c28-24(22-13-5-9-18-7-1-3-11-20(18)22)15-16-25(29)27(31)17-26(30)23-14-6-10-19-8-2-4-12-21(19)23/h1-14H,15-17H2. The molecule has 0 fully saturated rings. The lowest BCUT2D eigenvalue weighted by Crippen LogP contribution is -2.19. The van der Waals surface area contributed by atoms with E-state index in [1.165, 1.54) is 0 Å². The van der Waals surface area contributed by atoms with E-state index in [4.69, 9.17) is 0 Å². The van der Waals surface area contributed by atoms with E-state index in [9.17, 15) is 19.2 Å². The van der Waals surface area contributed by atoms with Gasteiger partial charge in [0.15, 0.2) is 17.3 Å². The molecule has 152 valence electrons. The van der Waals surface area contributed by atoms with Crippen LogP contribution in [-0.4, -0.2) is 23.1 Å². The van der Waals surface area contributed by atoms with E-state index in [-0.39, 0.29) is 18.6 Å². The summed E-state index contributed by atoms with van der Waals surface area (Å²) < 4.78 is 0. The Morgan fingerprint density at radius 3 is 1.55 bits per heavy atom. The van der Waals surface area contributed by atoms with Crippen LogP contribution in [0.3, 0.4) is 0 Å². The third-order valence-corrected chi connectivity index (χ3v) is 5.39. The molecular weight excluding hydrogens is 388 g/mol. The highest BCUT2D eigenvalue weighted by Crippen LogP contribution is 2.22. The zero-order valence-electron chi connectivity index (χ0n) is 16.8. The molecule has 0 radical (unpaired) electrons. The summed E-state index contributed by atoms with van der Waals surface area (Å²) in [7, 11) is 0. The van der Waals surface area contributed by atoms with Gasteiger partial charge >= 0.3 is 0 Å². The average Bonchev–Trinajstić information content (AvgIpc) is 2.81. The first-order chi connectivity index (χ1) is 15.0. The summed E-state index contributed by atoms with van der Waals surface area (Å²) in [5.74, 6) is -2.04. The molecule has 4 aromatic rings. The van der Waals surface area contributed by atoms with E-state index in [1.807, 2.05) is 60.7 Å². The Morgan fingerprint density at radius 2 is 0.968 bits per heavy atom. The predicted molar refractivity (Wildman–Crippen MR) is 120 cm³/mol. The summed E-state index contributed by atoms with van der Waals surface area (Å²) in [4.78, 5) is 49.9. The first kappa shape index (κ1) is 20.4. The molecule has 0 saturated heterocycles. The number of Topliss-reactive ketones (excluding diaryl/α,β-unsaturated/α-hetero) is 4. The maximum Gasteiger partial charge on any atom is 0.206 e. The zero-order valence-corrected chi connectivity index (χ0v) is 16.8. The molecule has 31 heavy (non-hydrogen) atoms. The molecule has 4 heteroatoms. The molecule has 0 aliphatic heterocycles. The number of carbonyl (C=O) groups excluding carboxylic acids is 4. The average molecular weight is 408 g/mol. The molecule has 4 aromatic carbocycles. The second kappa shape index (κ2) is 8.84. The van der Waals surface area contributed by atoms with Crippen LogP contribution in [0.5, 0.6) is 0 Å². The van der Waals surface area contributed by atoms with Crippen LogP contribution in [0.15, 0.2) is 84.9 Å². The fraction of sp³-hybridized carbons (Fsp3) is 0.111. The lowest BCUT2D eigenvalue weighted by atomic mass is 9.95. The van der Waals surface area contributed by atoms with Gasteiger partial charge in [0.05, 0.1) is 6.42 Å². The van der Waals surface area contributed by atoms with E-state index >= 15 is 0 Å². The smallest absolute Gasteiger partial charge is 0.206 e. The molecule has 0 saturated carbocycles. The lowest BCUT2D eigenvalue weighted by molar-refractivity contribution is -0.136. The van der Waals surface area contributed by atoms with Crippen LogP contribution in [0, 0.1) is 0 Å². The van der Waals surface area contributed by atoms with Crippen LogP contribution in [-0.2, 0) is 9.59 Å². The number of carbonyl (C=O) groups is 4. The Morgan fingerprint density at radius 1 is 0.484 bits per heavy atom. The van der Waals surface area contributed by atoms with Crippen LogP contribution in [0.2, 0.25) is 0 Å². The maximum atomic E-state index is 12.6. The molecule has 0 N–H and O–H groups in total. The molecule has 0 aliphatic rings. The Labute approximate surface area is 179 Å². The zero-order chi connectivity index (χ0) is 21.8. The second-order valence-electron chi connectivity index (χ2n) is 7.42. The number of hydrogen-bond donors (Lipinski definition) is 0. The largest absolute Gasteiger partial charge is 0.294 e. The topological polar surface area (TPSA) is 68.3 Å². The molecule has 0 aliphatic carbocycles. The van der Waals surface area contributed by atoms with E-state index < -0.39 is 23.8 Å². The minimum absolute atomic E-state index is 0.0684. The van der Waals surface area contributed by atoms with Gasteiger partial charge in [0.25, 0.3) is 0 Å². The van der Waals surface area contributed by atoms with E-state index in [0.717, 1.165) is 21.5 Å². The van der Waals surface area contributed by atoms with E-state index in [1.54, 1.807) is 24.3 Å². The van der Waals surface area contributed by atoms with Gasteiger partial charge in [-0.1, -0.05) is 84.9 Å². The Balaban J connectivity index is 1.41. The third kappa shape index (κ3) is 4.33. The van der Waals surface area contributed by atoms with Crippen molar-refractivity contribution in [3.8, 4) is 0 Å². The van der Waals surface area contributed by atoms with Crippen molar-refractivity contribution in [3.05, 3.63) is 96.1 Å². The second-order valence-corrected chi connectivity index (χ2v) is 7.42. The number of benzene rings is 4. The van der Waals surface area contributed by atoms with Crippen LogP contribution in [0.25, 0.3) is 21.5 Å². The highest BCUT2D eigenvalue weighted by Gasteiger charge is 2.21. The van der Waals surface area contributed by atoms with E-state index in [0.29, 0.717) is 11.1 Å². The first-order valence-corrected chi connectivity index (χ1v) is 10.1. The minimum atomic E-state index is -0.761. The summed E-state index contributed by atoms with van der Waals surface area (Å²) in [6.07, 6.45) is -0.764. The monoisotopic (exact) mass is 408 g/mol. The van der Waals surface area contributed by atoms with Gasteiger partial charge in [-0.25, -0.2) is 0 Å². The van der Waals surface area contributed by atoms with Gasteiger partial charge in [-0.15, -0.1) is 0 Å². The molecular formula is C27H20O4. The SMILES string of the molecule is O=C(CCC(=O)c1cccc2ccccc12)C(=O)CC(=O)c1cccc2ccccc12. The third-order valence-electron chi connectivity index (χ3n) is 5.39. The van der Waals surface area contributed by atoms with Gasteiger partial charge in [-0.3, -0.25) is 19.2 Å². The van der Waals surface area contributed by atoms with Gasteiger partial charge in [0.2, 0.25) is 5.78 Å². The molecule has 0 aromatic heterocycles. The van der Waals surface area contributed by atoms with Crippen molar-refractivity contribution < 1.29 is 19.2 Å². The van der Waals surface area contributed by atoms with Crippen molar-refractivity contribution >= 4 is 44.7 Å². The van der Waals surface area contributed by atoms with Crippen LogP contribution >= 0.6 is 0 Å². The number of fused-ring (bicyclic) bond motifs is 2. The first-order valence-electron chi connectivity index (χ1n) is 10.1. The number of rotatable bonds is 8. The summed E-state index contributed by atoms with van der Waals surface area (Å²) in [5.41, 5.74) is 0.955. The molecule has 0 heterocycles. The van der Waals surface area contributed by atoms with Gasteiger partial charge in [-0.2, -0.15) is 0 Å². The quantitative estimate of drug-likeness (QED) is 0.223. The minimum Gasteiger partial charge on any atom is -0.294 e. The number of ketones is 4. The van der Waals surface area contributed by atoms with Crippen molar-refractivity contribution in [2.24, 2.45) is 0 Å². The van der Waals surface area contributed by atoms with Gasteiger partial charge in [-0.05, 0) is 21.5 Å². The Hall–Kier alpha value is -3.92. The maximum absolute atomic E-state index is 12.6. The summed E-state index contributed by atoms with van der Waals surface area (Å²) in [5, 5.41) is 3.41. The number of hydrogen-bond acceptors (Lipinski definition) is 4. The van der Waals surface area contributed by atoms with Crippen molar-refractivity contribution in [2.75, 3.05) is 0 Å². The molecule has 0 bridgehead atoms. The van der Waals surface area contributed by atoms with Crippen molar-refractivity contribution in [1.82, 2.24) is 0 Å². The molecule has 0 atom stereocenters. The molecule has 4 nitrogen and oxygen atoms in total.